The second-order valence-corrected chi connectivity index (χ2v) is 23.6. The molecule has 3 rings (SSSR count). The predicted octanol–water partition coefficient (Wildman–Crippen LogP) is 18.5. The molecular weight excluding hydrogens is 835 g/mol. The lowest BCUT2D eigenvalue weighted by molar-refractivity contribution is -0.150. The van der Waals surface area contributed by atoms with Gasteiger partial charge in [0.25, 0.3) is 0 Å². The molecular formula is C63H111NO4. The molecule has 0 bridgehead atoms. The zero-order valence-electron chi connectivity index (χ0n) is 46.5. The zero-order valence-corrected chi connectivity index (χ0v) is 46.5. The standard InChI is InChI=1S/C63H111NO4/c1-11-13-15-17-19-26-34-57(35-27-20-18-16-14-12-2)67-61(65)36-28-22-21-24-31-54(46-48-64(9)10)32-25-23-29-37-62(66)68-58-43-40-52(6)56(49-58)42-41-55-33-30-47-63(8)59(44-45-60(55)63)53(7)39-38-51(5)50(3)4/h38-39,41-42,50-51,53-54,57-60H,6,11-37,40,43-49H2,1-5,7-10H3/b39-38+,55-41+,56-42-. The SMILES string of the molecule is C=C1CCC(OC(=O)CCCCCC(CCCCCCC(=O)OC(CCCCCCCC)CCCCCCCC)CCN(C)C)C/C1=C/C=C1\CCCC2(C)C1CCC2C(C)/C=C/C(C)C(C)C. The molecule has 0 radical (unpaired) electrons. The van der Waals surface area contributed by atoms with Crippen molar-refractivity contribution in [2.24, 2.45) is 40.9 Å². The van der Waals surface area contributed by atoms with Gasteiger partial charge in [0.05, 0.1) is 0 Å². The van der Waals surface area contributed by atoms with Crippen molar-refractivity contribution in [1.29, 1.82) is 0 Å². The Morgan fingerprint density at radius 3 is 1.88 bits per heavy atom. The summed E-state index contributed by atoms with van der Waals surface area (Å²) >= 11 is 0. The fourth-order valence-corrected chi connectivity index (χ4v) is 12.2. The molecule has 5 heteroatoms. The summed E-state index contributed by atoms with van der Waals surface area (Å²) in [7, 11) is 4.36. The Hall–Kier alpha value is -2.14. The lowest BCUT2D eigenvalue weighted by Crippen LogP contribution is -2.35. The zero-order chi connectivity index (χ0) is 49.6. The minimum Gasteiger partial charge on any atom is -0.462 e. The van der Waals surface area contributed by atoms with E-state index in [4.69, 9.17) is 9.47 Å². The summed E-state index contributed by atoms with van der Waals surface area (Å²) in [6.07, 6.45) is 49.0. The number of unbranched alkanes of at least 4 members (excludes halogenated alkanes) is 15. The molecule has 3 fully saturated rings. The second-order valence-electron chi connectivity index (χ2n) is 23.6. The van der Waals surface area contributed by atoms with Gasteiger partial charge in [-0.05, 0) is 157 Å². The van der Waals surface area contributed by atoms with Crippen LogP contribution in [0.15, 0.2) is 47.6 Å². The van der Waals surface area contributed by atoms with Crippen molar-refractivity contribution in [1.82, 2.24) is 4.90 Å². The van der Waals surface area contributed by atoms with Gasteiger partial charge in [-0.3, -0.25) is 9.59 Å². The predicted molar refractivity (Wildman–Crippen MR) is 293 cm³/mol. The first-order valence-corrected chi connectivity index (χ1v) is 29.6. The van der Waals surface area contributed by atoms with E-state index >= 15 is 0 Å². The van der Waals surface area contributed by atoms with Crippen molar-refractivity contribution in [2.75, 3.05) is 20.6 Å². The maximum Gasteiger partial charge on any atom is 0.306 e. The molecule has 0 amide bonds. The molecule has 7 atom stereocenters. The minimum absolute atomic E-state index is 0.0228. The molecule has 0 aromatic carbocycles. The van der Waals surface area contributed by atoms with Gasteiger partial charge >= 0.3 is 11.9 Å². The third-order valence-electron chi connectivity index (χ3n) is 17.2. The first kappa shape index (κ1) is 60.2. The maximum absolute atomic E-state index is 13.1. The van der Waals surface area contributed by atoms with Gasteiger partial charge in [0.15, 0.2) is 0 Å². The van der Waals surface area contributed by atoms with Crippen LogP contribution in [0.25, 0.3) is 0 Å². The second kappa shape index (κ2) is 35.1. The van der Waals surface area contributed by atoms with Crippen LogP contribution in [0, 0.1) is 40.9 Å². The van der Waals surface area contributed by atoms with E-state index in [1.807, 2.05) is 0 Å². The molecule has 0 spiro atoms. The highest BCUT2D eigenvalue weighted by molar-refractivity contribution is 5.70. The number of hydrogen-bond donors (Lipinski definition) is 0. The smallest absolute Gasteiger partial charge is 0.306 e. The van der Waals surface area contributed by atoms with Gasteiger partial charge in [-0.2, -0.15) is 0 Å². The number of ether oxygens (including phenoxy) is 2. The number of nitrogens with zero attached hydrogens (tertiary/aromatic N) is 1. The van der Waals surface area contributed by atoms with Crippen LogP contribution >= 0.6 is 0 Å². The Morgan fingerprint density at radius 2 is 1.26 bits per heavy atom. The summed E-state index contributed by atoms with van der Waals surface area (Å²) in [6, 6.07) is 0. The molecule has 0 aromatic heterocycles. The van der Waals surface area contributed by atoms with E-state index < -0.39 is 0 Å². The number of carbonyl (C=O) groups is 2. The summed E-state index contributed by atoms with van der Waals surface area (Å²) in [6.45, 7) is 22.2. The van der Waals surface area contributed by atoms with Crippen LogP contribution < -0.4 is 0 Å². The first-order chi connectivity index (χ1) is 32.8. The van der Waals surface area contributed by atoms with Crippen LogP contribution in [0.1, 0.15) is 267 Å². The molecule has 7 unspecified atom stereocenters. The van der Waals surface area contributed by atoms with E-state index in [-0.39, 0.29) is 24.1 Å². The number of esters is 2. The van der Waals surface area contributed by atoms with Crippen LogP contribution in [0.4, 0.5) is 0 Å². The third-order valence-corrected chi connectivity index (χ3v) is 17.2. The van der Waals surface area contributed by atoms with Crippen LogP contribution in [-0.2, 0) is 19.1 Å². The molecule has 0 heterocycles. The Balaban J connectivity index is 1.35. The van der Waals surface area contributed by atoms with Gasteiger partial charge in [0.2, 0.25) is 0 Å². The van der Waals surface area contributed by atoms with Crippen LogP contribution in [0.3, 0.4) is 0 Å². The molecule has 3 aliphatic rings. The quantitative estimate of drug-likeness (QED) is 0.0353. The topological polar surface area (TPSA) is 55.8 Å². The molecule has 0 aliphatic heterocycles. The first-order valence-electron chi connectivity index (χ1n) is 29.6. The molecule has 0 saturated heterocycles. The number of fused-ring (bicyclic) bond motifs is 1. The van der Waals surface area contributed by atoms with E-state index in [1.54, 1.807) is 5.57 Å². The monoisotopic (exact) mass is 946 g/mol. The lowest BCUT2D eigenvalue weighted by Gasteiger charge is -2.44. The van der Waals surface area contributed by atoms with Crippen LogP contribution in [0.5, 0.6) is 0 Å². The molecule has 68 heavy (non-hydrogen) atoms. The van der Waals surface area contributed by atoms with Crippen molar-refractivity contribution in [3.8, 4) is 0 Å². The fourth-order valence-electron chi connectivity index (χ4n) is 12.2. The van der Waals surface area contributed by atoms with Crippen molar-refractivity contribution >= 4 is 11.9 Å². The van der Waals surface area contributed by atoms with E-state index in [0.717, 1.165) is 76.2 Å². The van der Waals surface area contributed by atoms with Crippen molar-refractivity contribution in [3.63, 3.8) is 0 Å². The highest BCUT2D eigenvalue weighted by Gasteiger charge is 2.50. The van der Waals surface area contributed by atoms with E-state index in [1.165, 1.54) is 159 Å². The summed E-state index contributed by atoms with van der Waals surface area (Å²) in [5, 5.41) is 0. The number of carbonyl (C=O) groups excluding carboxylic acids is 2. The normalized spacial score (nSPS) is 23.6. The number of hydrogen-bond acceptors (Lipinski definition) is 5. The number of rotatable bonds is 37. The fraction of sp³-hybridized carbons (Fsp3) is 0.841. The van der Waals surface area contributed by atoms with E-state index in [9.17, 15) is 9.59 Å². The Morgan fingerprint density at radius 1 is 0.691 bits per heavy atom. The number of allylic oxidation sites excluding steroid dienone is 6. The van der Waals surface area contributed by atoms with Gasteiger partial charge < -0.3 is 14.4 Å². The van der Waals surface area contributed by atoms with Gasteiger partial charge in [0, 0.05) is 19.3 Å². The average Bonchev–Trinajstić information content (AvgIpc) is 3.67. The summed E-state index contributed by atoms with van der Waals surface area (Å²) < 4.78 is 12.2. The van der Waals surface area contributed by atoms with Crippen molar-refractivity contribution in [3.05, 3.63) is 47.6 Å². The van der Waals surface area contributed by atoms with Crippen molar-refractivity contribution < 1.29 is 19.1 Å². The van der Waals surface area contributed by atoms with Gasteiger partial charge in [-0.25, -0.2) is 0 Å². The third kappa shape index (κ3) is 23.8. The summed E-state index contributed by atoms with van der Waals surface area (Å²) in [4.78, 5) is 28.4. The Kier molecular flexibility index (Phi) is 31.0. The maximum atomic E-state index is 13.1. The Bertz CT molecular complexity index is 1460. The average molecular weight is 947 g/mol. The van der Waals surface area contributed by atoms with Crippen molar-refractivity contribution in [2.45, 2.75) is 279 Å². The van der Waals surface area contributed by atoms with E-state index in [2.05, 4.69) is 98.3 Å². The summed E-state index contributed by atoms with van der Waals surface area (Å²) in [5.74, 6) is 4.10. The molecule has 392 valence electrons. The molecule has 3 saturated carbocycles. The summed E-state index contributed by atoms with van der Waals surface area (Å²) in [5.41, 5.74) is 4.53. The Labute approximate surface area is 422 Å². The molecule has 0 aromatic rings. The highest BCUT2D eigenvalue weighted by atomic mass is 16.5. The van der Waals surface area contributed by atoms with Crippen LogP contribution in [-0.4, -0.2) is 49.7 Å². The molecule has 5 nitrogen and oxygen atoms in total. The highest BCUT2D eigenvalue weighted by Crippen LogP contribution is 2.59. The van der Waals surface area contributed by atoms with Gasteiger partial charge in [0.1, 0.15) is 12.2 Å². The largest absolute Gasteiger partial charge is 0.462 e. The van der Waals surface area contributed by atoms with E-state index in [0.29, 0.717) is 41.9 Å². The van der Waals surface area contributed by atoms with Crippen LogP contribution in [0.2, 0.25) is 0 Å². The van der Waals surface area contributed by atoms with Gasteiger partial charge in [-0.15, -0.1) is 0 Å². The molecule has 3 aliphatic carbocycles. The molecule has 0 N–H and O–H groups in total. The van der Waals surface area contributed by atoms with Gasteiger partial charge in [-0.1, -0.05) is 200 Å². The lowest BCUT2D eigenvalue weighted by atomic mass is 9.61. The minimum atomic E-state index is -0.0335.